The Morgan fingerprint density at radius 2 is 1.96 bits per heavy atom. The molecule has 0 aromatic heterocycles. The van der Waals surface area contributed by atoms with E-state index >= 15 is 0 Å². The van der Waals surface area contributed by atoms with Crippen LogP contribution < -0.4 is 10.1 Å². The van der Waals surface area contributed by atoms with Gasteiger partial charge in [-0.25, -0.2) is 8.42 Å². The van der Waals surface area contributed by atoms with Gasteiger partial charge in [0, 0.05) is 23.6 Å². The molecule has 1 aliphatic heterocycles. The van der Waals surface area contributed by atoms with Crippen molar-refractivity contribution in [1.29, 1.82) is 0 Å². The third kappa shape index (κ3) is 5.32. The summed E-state index contributed by atoms with van der Waals surface area (Å²) in [6.45, 7) is 5.16. The van der Waals surface area contributed by atoms with Gasteiger partial charge in [0.1, 0.15) is 5.75 Å². The van der Waals surface area contributed by atoms with E-state index in [4.69, 9.17) is 4.74 Å². The van der Waals surface area contributed by atoms with E-state index in [0.29, 0.717) is 29.2 Å². The van der Waals surface area contributed by atoms with Gasteiger partial charge in [0.05, 0.1) is 12.0 Å². The van der Waals surface area contributed by atoms with Crippen LogP contribution in [0.25, 0.3) is 0 Å². The van der Waals surface area contributed by atoms with Gasteiger partial charge in [-0.1, -0.05) is 22.9 Å². The first-order valence-electron chi connectivity index (χ1n) is 7.52. The van der Waals surface area contributed by atoms with E-state index < -0.39 is 10.0 Å². The lowest BCUT2D eigenvalue weighted by Gasteiger charge is -2.31. The number of hydrogen-bond acceptors (Lipinski definition) is 4. The van der Waals surface area contributed by atoms with E-state index in [-0.39, 0.29) is 17.3 Å². The molecule has 8 heteroatoms. The Bertz CT molecular complexity index is 605. The Morgan fingerprint density at radius 1 is 1.30 bits per heavy atom. The Kier molecular flexibility index (Phi) is 8.30. The second kappa shape index (κ2) is 9.22. The molecule has 5 nitrogen and oxygen atoms in total. The summed E-state index contributed by atoms with van der Waals surface area (Å²) >= 11 is 3.34. The zero-order chi connectivity index (χ0) is 16.2. The number of nitrogens with one attached hydrogen (secondary N) is 1. The SMILES string of the molecule is CCNCC1CCN(S(=O)(=O)c2cc(Br)cc(OC)c2)CC1.Cl. The molecular weight excluding hydrogens is 404 g/mol. The summed E-state index contributed by atoms with van der Waals surface area (Å²) in [5.41, 5.74) is 0. The van der Waals surface area contributed by atoms with Crippen molar-refractivity contribution in [3.05, 3.63) is 22.7 Å². The number of benzene rings is 1. The minimum Gasteiger partial charge on any atom is -0.497 e. The molecule has 0 spiro atoms. The van der Waals surface area contributed by atoms with Crippen LogP contribution in [0.4, 0.5) is 0 Å². The molecule has 0 unspecified atom stereocenters. The van der Waals surface area contributed by atoms with Gasteiger partial charge >= 0.3 is 0 Å². The number of nitrogens with zero attached hydrogens (tertiary/aromatic N) is 1. The third-order valence-corrected chi connectivity index (χ3v) is 6.31. The van der Waals surface area contributed by atoms with Crippen LogP contribution in [0, 0.1) is 5.92 Å². The zero-order valence-corrected chi connectivity index (χ0v) is 16.6. The molecule has 0 radical (unpaired) electrons. The van der Waals surface area contributed by atoms with E-state index in [9.17, 15) is 8.42 Å². The molecule has 2 rings (SSSR count). The number of methoxy groups -OCH3 is 1. The smallest absolute Gasteiger partial charge is 0.243 e. The van der Waals surface area contributed by atoms with Crippen LogP contribution in [0.3, 0.4) is 0 Å². The predicted molar refractivity (Wildman–Crippen MR) is 98.0 cm³/mol. The van der Waals surface area contributed by atoms with Crippen molar-refractivity contribution < 1.29 is 13.2 Å². The van der Waals surface area contributed by atoms with E-state index in [1.165, 1.54) is 7.11 Å². The molecule has 1 aliphatic rings. The highest BCUT2D eigenvalue weighted by Crippen LogP contribution is 2.28. The highest BCUT2D eigenvalue weighted by molar-refractivity contribution is 9.10. The summed E-state index contributed by atoms with van der Waals surface area (Å²) < 4.78 is 33.0. The Hall–Kier alpha value is -0.340. The highest BCUT2D eigenvalue weighted by atomic mass is 79.9. The zero-order valence-electron chi connectivity index (χ0n) is 13.4. The summed E-state index contributed by atoms with van der Waals surface area (Å²) in [6.07, 6.45) is 1.80. The lowest BCUT2D eigenvalue weighted by atomic mass is 9.98. The van der Waals surface area contributed by atoms with Crippen LogP contribution in [0.2, 0.25) is 0 Å². The molecule has 132 valence electrons. The van der Waals surface area contributed by atoms with E-state index in [1.807, 2.05) is 0 Å². The number of ether oxygens (including phenoxy) is 1. The van der Waals surface area contributed by atoms with E-state index in [2.05, 4.69) is 28.2 Å². The predicted octanol–water partition coefficient (Wildman–Crippen LogP) is 2.89. The van der Waals surface area contributed by atoms with Crippen molar-refractivity contribution >= 4 is 38.4 Å². The Labute approximate surface area is 153 Å². The van der Waals surface area contributed by atoms with Crippen LogP contribution in [-0.4, -0.2) is 46.0 Å². The largest absolute Gasteiger partial charge is 0.497 e. The summed E-state index contributed by atoms with van der Waals surface area (Å²) in [5.74, 6) is 1.10. The fraction of sp³-hybridized carbons (Fsp3) is 0.600. The minimum atomic E-state index is -3.46. The first-order chi connectivity index (χ1) is 10.5. The minimum absolute atomic E-state index is 0. The second-order valence-electron chi connectivity index (χ2n) is 5.48. The number of hydrogen-bond donors (Lipinski definition) is 1. The molecule has 1 fully saturated rings. The van der Waals surface area contributed by atoms with Crippen LogP contribution in [0.1, 0.15) is 19.8 Å². The standard InChI is InChI=1S/C15H23BrN2O3S.ClH/c1-3-17-11-12-4-6-18(7-5-12)22(19,20)15-9-13(16)8-14(10-15)21-2;/h8-10,12,17H,3-7,11H2,1-2H3;1H. The summed E-state index contributed by atoms with van der Waals surface area (Å²) in [7, 11) is -1.93. The highest BCUT2D eigenvalue weighted by Gasteiger charge is 2.29. The quantitative estimate of drug-likeness (QED) is 0.758. The molecule has 0 saturated carbocycles. The molecule has 1 aromatic carbocycles. The van der Waals surface area contributed by atoms with Crippen LogP contribution in [0.5, 0.6) is 5.75 Å². The van der Waals surface area contributed by atoms with Crippen molar-refractivity contribution in [3.8, 4) is 5.75 Å². The van der Waals surface area contributed by atoms with Crippen molar-refractivity contribution in [3.63, 3.8) is 0 Å². The maximum Gasteiger partial charge on any atom is 0.243 e. The Balaban J connectivity index is 0.00000264. The molecule has 0 amide bonds. The fourth-order valence-corrected chi connectivity index (χ4v) is 4.81. The number of sulfonamides is 1. The number of rotatable bonds is 6. The van der Waals surface area contributed by atoms with Crippen LogP contribution in [0.15, 0.2) is 27.6 Å². The maximum atomic E-state index is 12.8. The molecule has 1 aromatic rings. The van der Waals surface area contributed by atoms with Gasteiger partial charge in [-0.2, -0.15) is 4.31 Å². The van der Waals surface area contributed by atoms with Crippen molar-refractivity contribution in [2.75, 3.05) is 33.3 Å². The monoisotopic (exact) mass is 426 g/mol. The first-order valence-corrected chi connectivity index (χ1v) is 9.76. The number of halogens is 2. The molecule has 0 atom stereocenters. The summed E-state index contributed by atoms with van der Waals surface area (Å²) in [5, 5.41) is 3.34. The van der Waals surface area contributed by atoms with Crippen LogP contribution >= 0.6 is 28.3 Å². The average Bonchev–Trinajstić information content (AvgIpc) is 2.52. The van der Waals surface area contributed by atoms with Crippen molar-refractivity contribution in [1.82, 2.24) is 9.62 Å². The van der Waals surface area contributed by atoms with Gasteiger partial charge in [0.25, 0.3) is 0 Å². The maximum absolute atomic E-state index is 12.8. The van der Waals surface area contributed by atoms with Gasteiger partial charge in [-0.15, -0.1) is 12.4 Å². The lowest BCUT2D eigenvalue weighted by Crippen LogP contribution is -2.40. The molecule has 0 aliphatic carbocycles. The van der Waals surface area contributed by atoms with E-state index in [0.717, 1.165) is 25.9 Å². The van der Waals surface area contributed by atoms with Gasteiger partial charge < -0.3 is 10.1 Å². The van der Waals surface area contributed by atoms with Gasteiger partial charge in [0.15, 0.2) is 0 Å². The third-order valence-electron chi connectivity index (χ3n) is 3.97. The topological polar surface area (TPSA) is 58.6 Å². The van der Waals surface area contributed by atoms with Crippen LogP contribution in [-0.2, 0) is 10.0 Å². The number of piperidine rings is 1. The molecule has 23 heavy (non-hydrogen) atoms. The molecule has 1 saturated heterocycles. The Morgan fingerprint density at radius 3 is 2.52 bits per heavy atom. The molecule has 1 heterocycles. The second-order valence-corrected chi connectivity index (χ2v) is 8.34. The first kappa shape index (κ1) is 20.7. The molecular formula is C15H24BrClN2O3S. The van der Waals surface area contributed by atoms with Gasteiger partial charge in [-0.3, -0.25) is 0 Å². The van der Waals surface area contributed by atoms with Gasteiger partial charge in [0.2, 0.25) is 10.0 Å². The average molecular weight is 428 g/mol. The molecule has 1 N–H and O–H groups in total. The van der Waals surface area contributed by atoms with Crippen molar-refractivity contribution in [2.45, 2.75) is 24.7 Å². The normalized spacial score (nSPS) is 16.8. The van der Waals surface area contributed by atoms with E-state index in [1.54, 1.807) is 22.5 Å². The summed E-state index contributed by atoms with van der Waals surface area (Å²) in [4.78, 5) is 0.281. The fourth-order valence-electron chi connectivity index (χ4n) is 2.66. The van der Waals surface area contributed by atoms with Gasteiger partial charge in [-0.05, 0) is 44.0 Å². The van der Waals surface area contributed by atoms with Crippen molar-refractivity contribution in [2.24, 2.45) is 5.92 Å². The summed E-state index contributed by atoms with van der Waals surface area (Å²) in [6, 6.07) is 4.95. The molecule has 0 bridgehead atoms. The lowest BCUT2D eigenvalue weighted by molar-refractivity contribution is 0.268.